The third-order valence-corrected chi connectivity index (χ3v) is 3.41. The van der Waals surface area contributed by atoms with Crippen LogP contribution in [0, 0.1) is 0 Å². The van der Waals surface area contributed by atoms with E-state index in [9.17, 15) is 0 Å². The normalized spacial score (nSPS) is 11.9. The van der Waals surface area contributed by atoms with Gasteiger partial charge in [0, 0.05) is 16.5 Å². The van der Waals surface area contributed by atoms with Crippen LogP contribution in [0.5, 0.6) is 0 Å². The molecule has 0 radical (unpaired) electrons. The first-order chi connectivity index (χ1) is 9.05. The van der Waals surface area contributed by atoms with Crippen molar-refractivity contribution in [2.45, 2.75) is 26.2 Å². The van der Waals surface area contributed by atoms with Gasteiger partial charge in [0.2, 0.25) is 0 Å². The average molecular weight is 250 g/mol. The number of H-pyrrole nitrogens is 1. The lowest BCUT2D eigenvalue weighted by atomic mass is 9.89. The Labute approximate surface area is 113 Å². The van der Waals surface area contributed by atoms with Crippen LogP contribution in [-0.2, 0) is 5.41 Å². The Morgan fingerprint density at radius 1 is 0.895 bits per heavy atom. The van der Waals surface area contributed by atoms with Gasteiger partial charge in [-0.1, -0.05) is 57.2 Å². The molecule has 0 aliphatic heterocycles. The van der Waals surface area contributed by atoms with Crippen molar-refractivity contribution >= 4 is 10.9 Å². The molecular weight excluding hydrogens is 232 g/mol. The summed E-state index contributed by atoms with van der Waals surface area (Å²) in [7, 11) is 0. The van der Waals surface area contributed by atoms with Gasteiger partial charge in [-0.2, -0.15) is 5.10 Å². The summed E-state index contributed by atoms with van der Waals surface area (Å²) < 4.78 is 0. The monoisotopic (exact) mass is 250 g/mol. The molecule has 1 N–H and O–H groups in total. The lowest BCUT2D eigenvalue weighted by Gasteiger charge is -2.16. The van der Waals surface area contributed by atoms with Crippen molar-refractivity contribution in [1.82, 2.24) is 10.2 Å². The first-order valence-electron chi connectivity index (χ1n) is 6.60. The van der Waals surface area contributed by atoms with Crippen LogP contribution < -0.4 is 0 Å². The number of aromatic amines is 1. The van der Waals surface area contributed by atoms with E-state index in [0.717, 1.165) is 5.52 Å². The second kappa shape index (κ2) is 4.23. The molecule has 0 saturated heterocycles. The minimum Gasteiger partial charge on any atom is -0.281 e. The molecule has 0 aliphatic carbocycles. The van der Waals surface area contributed by atoms with Gasteiger partial charge in [0.05, 0.1) is 5.52 Å². The lowest BCUT2D eigenvalue weighted by Crippen LogP contribution is -2.11. The SMILES string of the molecule is CC(C)(C)c1[nH]nc2ccc(-c3ccccc3)cc12. The maximum absolute atomic E-state index is 4.39. The van der Waals surface area contributed by atoms with Crippen molar-refractivity contribution in [2.75, 3.05) is 0 Å². The Bertz CT molecular complexity index is 703. The fourth-order valence-corrected chi connectivity index (χ4v) is 2.39. The summed E-state index contributed by atoms with van der Waals surface area (Å²) in [4.78, 5) is 0. The van der Waals surface area contributed by atoms with Crippen molar-refractivity contribution in [2.24, 2.45) is 0 Å². The Kier molecular flexibility index (Phi) is 2.67. The second-order valence-corrected chi connectivity index (χ2v) is 5.95. The topological polar surface area (TPSA) is 28.7 Å². The van der Waals surface area contributed by atoms with Crippen molar-refractivity contribution in [1.29, 1.82) is 0 Å². The maximum Gasteiger partial charge on any atom is 0.0924 e. The predicted molar refractivity (Wildman–Crippen MR) is 80.2 cm³/mol. The molecule has 2 aromatic carbocycles. The molecule has 0 bridgehead atoms. The van der Waals surface area contributed by atoms with Crippen LogP contribution in [0.15, 0.2) is 48.5 Å². The Morgan fingerprint density at radius 3 is 2.32 bits per heavy atom. The number of rotatable bonds is 1. The Balaban J connectivity index is 2.20. The van der Waals surface area contributed by atoms with E-state index < -0.39 is 0 Å². The number of fused-ring (bicyclic) bond motifs is 1. The van der Waals surface area contributed by atoms with Crippen LogP contribution in [0.25, 0.3) is 22.0 Å². The molecule has 0 amide bonds. The molecule has 2 heteroatoms. The molecular formula is C17H18N2. The highest BCUT2D eigenvalue weighted by Gasteiger charge is 2.19. The van der Waals surface area contributed by atoms with E-state index in [1.807, 2.05) is 6.07 Å². The number of nitrogens with one attached hydrogen (secondary N) is 1. The number of hydrogen-bond donors (Lipinski definition) is 1. The van der Waals surface area contributed by atoms with Gasteiger partial charge >= 0.3 is 0 Å². The highest BCUT2D eigenvalue weighted by atomic mass is 15.1. The van der Waals surface area contributed by atoms with Crippen LogP contribution in [0.4, 0.5) is 0 Å². The smallest absolute Gasteiger partial charge is 0.0924 e. The molecule has 0 aliphatic rings. The highest BCUT2D eigenvalue weighted by molar-refractivity contribution is 5.87. The van der Waals surface area contributed by atoms with Crippen LogP contribution in [0.2, 0.25) is 0 Å². The van der Waals surface area contributed by atoms with Gasteiger partial charge in [-0.05, 0) is 23.3 Å². The van der Waals surface area contributed by atoms with Gasteiger partial charge in [-0.25, -0.2) is 0 Å². The number of benzene rings is 2. The summed E-state index contributed by atoms with van der Waals surface area (Å²) >= 11 is 0. The largest absolute Gasteiger partial charge is 0.281 e. The zero-order valence-corrected chi connectivity index (χ0v) is 11.6. The van der Waals surface area contributed by atoms with Crippen molar-refractivity contribution in [3.63, 3.8) is 0 Å². The molecule has 1 heterocycles. The molecule has 2 nitrogen and oxygen atoms in total. The van der Waals surface area contributed by atoms with Gasteiger partial charge in [0.1, 0.15) is 0 Å². The summed E-state index contributed by atoms with van der Waals surface area (Å²) in [6.45, 7) is 6.61. The van der Waals surface area contributed by atoms with Gasteiger partial charge in [0.15, 0.2) is 0 Å². The molecule has 3 aromatic rings. The molecule has 0 atom stereocenters. The van der Waals surface area contributed by atoms with Crippen molar-refractivity contribution in [3.05, 3.63) is 54.2 Å². The number of hydrogen-bond acceptors (Lipinski definition) is 1. The van der Waals surface area contributed by atoms with Gasteiger partial charge in [0.25, 0.3) is 0 Å². The molecule has 0 fully saturated rings. The summed E-state index contributed by atoms with van der Waals surface area (Å²) in [5, 5.41) is 8.79. The second-order valence-electron chi connectivity index (χ2n) is 5.95. The molecule has 0 unspecified atom stereocenters. The van der Waals surface area contributed by atoms with E-state index >= 15 is 0 Å². The first kappa shape index (κ1) is 12.0. The van der Waals surface area contributed by atoms with Gasteiger partial charge in [-0.15, -0.1) is 0 Å². The van der Waals surface area contributed by atoms with E-state index in [2.05, 4.69) is 73.4 Å². The summed E-state index contributed by atoms with van der Waals surface area (Å²) in [5.41, 5.74) is 4.78. The molecule has 96 valence electrons. The van der Waals surface area contributed by atoms with Crippen molar-refractivity contribution in [3.8, 4) is 11.1 Å². The number of aromatic nitrogens is 2. The summed E-state index contributed by atoms with van der Waals surface area (Å²) in [6, 6.07) is 16.9. The quantitative estimate of drug-likeness (QED) is 0.675. The molecule has 1 aromatic heterocycles. The Morgan fingerprint density at radius 2 is 1.63 bits per heavy atom. The predicted octanol–water partition coefficient (Wildman–Crippen LogP) is 4.53. The van der Waals surface area contributed by atoms with E-state index in [1.54, 1.807) is 0 Å². The van der Waals surface area contributed by atoms with Crippen LogP contribution in [0.1, 0.15) is 26.5 Å². The standard InChI is InChI=1S/C17H18N2/c1-17(2,3)16-14-11-13(9-10-15(14)18-19-16)12-7-5-4-6-8-12/h4-11H,1-3H3,(H,18,19). The van der Waals surface area contributed by atoms with Crippen LogP contribution >= 0.6 is 0 Å². The summed E-state index contributed by atoms with van der Waals surface area (Å²) in [5.74, 6) is 0. The van der Waals surface area contributed by atoms with E-state index in [-0.39, 0.29) is 5.41 Å². The zero-order valence-electron chi connectivity index (χ0n) is 11.6. The van der Waals surface area contributed by atoms with Crippen LogP contribution in [0.3, 0.4) is 0 Å². The van der Waals surface area contributed by atoms with Gasteiger partial charge < -0.3 is 0 Å². The molecule has 19 heavy (non-hydrogen) atoms. The third kappa shape index (κ3) is 2.14. The molecule has 0 saturated carbocycles. The lowest BCUT2D eigenvalue weighted by molar-refractivity contribution is 0.571. The van der Waals surface area contributed by atoms with Gasteiger partial charge in [-0.3, -0.25) is 5.10 Å². The Hall–Kier alpha value is -2.09. The number of nitrogens with zero attached hydrogens (tertiary/aromatic N) is 1. The van der Waals surface area contributed by atoms with E-state index in [0.29, 0.717) is 0 Å². The van der Waals surface area contributed by atoms with E-state index in [1.165, 1.54) is 22.2 Å². The first-order valence-corrected chi connectivity index (χ1v) is 6.60. The summed E-state index contributed by atoms with van der Waals surface area (Å²) in [6.07, 6.45) is 0. The third-order valence-electron chi connectivity index (χ3n) is 3.41. The average Bonchev–Trinajstić information content (AvgIpc) is 2.82. The minimum absolute atomic E-state index is 0.0735. The highest BCUT2D eigenvalue weighted by Crippen LogP contribution is 2.31. The maximum atomic E-state index is 4.39. The molecule has 0 spiro atoms. The minimum atomic E-state index is 0.0735. The van der Waals surface area contributed by atoms with Crippen molar-refractivity contribution < 1.29 is 0 Å². The fourth-order valence-electron chi connectivity index (χ4n) is 2.39. The molecule has 3 rings (SSSR count). The zero-order chi connectivity index (χ0) is 13.5. The fraction of sp³-hybridized carbons (Fsp3) is 0.235. The van der Waals surface area contributed by atoms with Crippen LogP contribution in [-0.4, -0.2) is 10.2 Å². The van der Waals surface area contributed by atoms with E-state index in [4.69, 9.17) is 0 Å².